The normalized spacial score (nSPS) is 10.7. The molecular weight excluding hydrogens is 340 g/mol. The van der Waals surface area contributed by atoms with E-state index < -0.39 is 29.6 Å². The number of aromatic nitrogens is 4. The molecule has 0 radical (unpaired) electrons. The van der Waals surface area contributed by atoms with Crippen molar-refractivity contribution < 1.29 is 19.1 Å². The Morgan fingerprint density at radius 3 is 2.58 bits per heavy atom. The van der Waals surface area contributed by atoms with Crippen molar-refractivity contribution >= 4 is 28.7 Å². The van der Waals surface area contributed by atoms with Gasteiger partial charge in [0, 0.05) is 0 Å². The molecule has 0 N–H and O–H groups in total. The molecule has 0 saturated carbocycles. The molecule has 9 nitrogen and oxygen atoms in total. The zero-order valence-electron chi connectivity index (χ0n) is 13.8. The highest BCUT2D eigenvalue weighted by atomic mass is 16.5. The molecule has 1 aromatic carbocycles. The summed E-state index contributed by atoms with van der Waals surface area (Å²) >= 11 is 0. The van der Waals surface area contributed by atoms with Crippen LogP contribution >= 0.6 is 0 Å². The van der Waals surface area contributed by atoms with Gasteiger partial charge in [-0.25, -0.2) is 19.0 Å². The number of hydrogen-bond acceptors (Lipinski definition) is 7. The van der Waals surface area contributed by atoms with E-state index in [4.69, 9.17) is 0 Å². The smallest absolute Gasteiger partial charge is 0.375 e. The number of nitrogens with zero attached hydrogens (tertiary/aromatic N) is 4. The lowest BCUT2D eigenvalue weighted by molar-refractivity contribution is -0.153. The number of carbonyl (C=O) groups is 3. The number of fused-ring (bicyclic) bond motifs is 1. The van der Waals surface area contributed by atoms with Crippen molar-refractivity contribution in [3.8, 4) is 5.69 Å². The number of carbonyl (C=O) groups excluding carboxylic acids is 3. The fourth-order valence-corrected chi connectivity index (χ4v) is 2.35. The van der Waals surface area contributed by atoms with Gasteiger partial charge in [-0.1, -0.05) is 18.2 Å². The third kappa shape index (κ3) is 3.14. The van der Waals surface area contributed by atoms with Crippen LogP contribution in [0.5, 0.6) is 0 Å². The van der Waals surface area contributed by atoms with E-state index in [9.17, 15) is 19.2 Å². The molecule has 132 valence electrons. The number of benzene rings is 1. The second-order valence-corrected chi connectivity index (χ2v) is 5.26. The predicted molar refractivity (Wildman–Crippen MR) is 90.0 cm³/mol. The van der Waals surface area contributed by atoms with Crippen LogP contribution in [0.3, 0.4) is 0 Å². The zero-order chi connectivity index (χ0) is 18.7. The Bertz CT molecular complexity index is 1050. The van der Waals surface area contributed by atoms with Crippen molar-refractivity contribution in [1.29, 1.82) is 0 Å². The van der Waals surface area contributed by atoms with Crippen LogP contribution in [0.15, 0.2) is 47.7 Å². The van der Waals surface area contributed by atoms with Gasteiger partial charge >= 0.3 is 5.97 Å². The summed E-state index contributed by atoms with van der Waals surface area (Å²) in [6.45, 7) is 1.56. The summed E-state index contributed by atoms with van der Waals surface area (Å²) in [5, 5.41) is 4.25. The highest BCUT2D eigenvalue weighted by Gasteiger charge is 2.22. The Hall–Kier alpha value is -3.62. The van der Waals surface area contributed by atoms with E-state index in [0.29, 0.717) is 10.3 Å². The molecule has 0 spiro atoms. The number of Topliss-reactive ketones (excluding diaryl/α,β-unsaturated/α-hetero) is 1. The summed E-state index contributed by atoms with van der Waals surface area (Å²) in [6, 6.07) is 9.06. The Balaban J connectivity index is 1.93. The maximum absolute atomic E-state index is 12.5. The topological polar surface area (TPSA) is 113 Å². The molecule has 2 heterocycles. The summed E-state index contributed by atoms with van der Waals surface area (Å²) in [5.74, 6) is -3.00. The molecule has 3 rings (SSSR count). The lowest BCUT2D eigenvalue weighted by Gasteiger charge is -2.05. The first kappa shape index (κ1) is 17.2. The first-order chi connectivity index (χ1) is 12.5. The Labute approximate surface area is 146 Å². The average Bonchev–Trinajstić information content (AvgIpc) is 3.07. The molecular formula is C17H14N4O5. The van der Waals surface area contributed by atoms with E-state index in [1.54, 1.807) is 19.1 Å². The highest BCUT2D eigenvalue weighted by Crippen LogP contribution is 2.13. The van der Waals surface area contributed by atoms with Crippen molar-refractivity contribution in [3.05, 3.63) is 53.2 Å². The second kappa shape index (κ2) is 7.09. The van der Waals surface area contributed by atoms with E-state index in [1.807, 2.05) is 18.2 Å². The van der Waals surface area contributed by atoms with E-state index in [-0.39, 0.29) is 17.6 Å². The monoisotopic (exact) mass is 354 g/mol. The maximum atomic E-state index is 12.5. The molecule has 0 unspecified atom stereocenters. The quantitative estimate of drug-likeness (QED) is 0.377. The van der Waals surface area contributed by atoms with Crippen LogP contribution in [0.4, 0.5) is 0 Å². The predicted octanol–water partition coefficient (Wildman–Crippen LogP) is 0.745. The third-order valence-electron chi connectivity index (χ3n) is 3.57. The van der Waals surface area contributed by atoms with Crippen molar-refractivity contribution in [1.82, 2.24) is 19.3 Å². The van der Waals surface area contributed by atoms with Gasteiger partial charge in [0.25, 0.3) is 5.56 Å². The van der Waals surface area contributed by atoms with Gasteiger partial charge in [0.1, 0.15) is 11.7 Å². The molecule has 0 bridgehead atoms. The highest BCUT2D eigenvalue weighted by molar-refractivity contribution is 6.37. The van der Waals surface area contributed by atoms with Gasteiger partial charge in [-0.15, -0.1) is 0 Å². The third-order valence-corrected chi connectivity index (χ3v) is 3.57. The molecule has 0 aliphatic heterocycles. The fraction of sp³-hybridized carbons (Fsp3) is 0.176. The van der Waals surface area contributed by atoms with Crippen LogP contribution < -0.4 is 5.56 Å². The summed E-state index contributed by atoms with van der Waals surface area (Å²) in [4.78, 5) is 51.7. The van der Waals surface area contributed by atoms with Gasteiger partial charge in [-0.05, 0) is 19.1 Å². The zero-order valence-corrected chi connectivity index (χ0v) is 13.8. The van der Waals surface area contributed by atoms with Crippen molar-refractivity contribution in [3.63, 3.8) is 0 Å². The summed E-state index contributed by atoms with van der Waals surface area (Å²) < 4.78 is 6.69. The largest absolute Gasteiger partial charge is 0.460 e. The van der Waals surface area contributed by atoms with Crippen LogP contribution in [0, 0.1) is 0 Å². The molecule has 0 aliphatic rings. The fourth-order valence-electron chi connectivity index (χ4n) is 2.35. The van der Waals surface area contributed by atoms with Crippen molar-refractivity contribution in [2.24, 2.45) is 0 Å². The summed E-state index contributed by atoms with van der Waals surface area (Å²) in [7, 11) is 0. The number of ether oxygens (including phenoxy) is 1. The molecule has 9 heteroatoms. The van der Waals surface area contributed by atoms with Crippen LogP contribution in [-0.2, 0) is 14.3 Å². The second-order valence-electron chi connectivity index (χ2n) is 5.26. The first-order valence-electron chi connectivity index (χ1n) is 7.77. The van der Waals surface area contributed by atoms with Gasteiger partial charge < -0.3 is 4.74 Å². The van der Waals surface area contributed by atoms with Gasteiger partial charge in [0.15, 0.2) is 5.65 Å². The van der Waals surface area contributed by atoms with Crippen LogP contribution in [0.2, 0.25) is 0 Å². The van der Waals surface area contributed by atoms with E-state index in [2.05, 4.69) is 14.8 Å². The minimum atomic E-state index is -1.11. The SMILES string of the molecule is CCOC(=O)C(=O)CC(=O)n1cnc2c(cnn2-c2ccccc2)c1=O. The van der Waals surface area contributed by atoms with Gasteiger partial charge in [-0.3, -0.25) is 14.4 Å². The average molecular weight is 354 g/mol. The molecule has 3 aromatic rings. The minimum Gasteiger partial charge on any atom is -0.460 e. The standard InChI is InChI=1S/C17H14N4O5/c1-2-26-17(25)13(22)8-14(23)20-10-18-15-12(16(20)24)9-19-21(15)11-6-4-3-5-7-11/h3-7,9-10H,2,8H2,1H3. The van der Waals surface area contributed by atoms with Crippen LogP contribution in [0.25, 0.3) is 16.7 Å². The Kier molecular flexibility index (Phi) is 4.70. The number of rotatable bonds is 5. The molecule has 0 saturated heterocycles. The first-order valence-corrected chi connectivity index (χ1v) is 7.77. The number of ketones is 1. The van der Waals surface area contributed by atoms with Gasteiger partial charge in [0.2, 0.25) is 11.7 Å². The van der Waals surface area contributed by atoms with Crippen LogP contribution in [0.1, 0.15) is 18.1 Å². The van der Waals surface area contributed by atoms with Gasteiger partial charge in [-0.2, -0.15) is 5.10 Å². The van der Waals surface area contributed by atoms with E-state index in [1.165, 1.54) is 10.9 Å². The number of hydrogen-bond donors (Lipinski definition) is 0. The molecule has 2 aromatic heterocycles. The summed E-state index contributed by atoms with van der Waals surface area (Å²) in [6.07, 6.45) is 1.54. The molecule has 0 fully saturated rings. The van der Waals surface area contributed by atoms with Crippen molar-refractivity contribution in [2.45, 2.75) is 13.3 Å². The van der Waals surface area contributed by atoms with Crippen molar-refractivity contribution in [2.75, 3.05) is 6.61 Å². The van der Waals surface area contributed by atoms with E-state index >= 15 is 0 Å². The lowest BCUT2D eigenvalue weighted by atomic mass is 10.2. The molecule has 0 amide bonds. The lowest BCUT2D eigenvalue weighted by Crippen LogP contribution is -2.30. The number of esters is 1. The number of para-hydroxylation sites is 1. The molecule has 0 aliphatic carbocycles. The van der Waals surface area contributed by atoms with E-state index in [0.717, 1.165) is 6.33 Å². The Morgan fingerprint density at radius 1 is 1.15 bits per heavy atom. The minimum absolute atomic E-state index is 0.0187. The molecule has 0 atom stereocenters. The van der Waals surface area contributed by atoms with Crippen LogP contribution in [-0.4, -0.2) is 43.6 Å². The summed E-state index contributed by atoms with van der Waals surface area (Å²) in [5.41, 5.74) is 0.316. The van der Waals surface area contributed by atoms with Gasteiger partial charge in [0.05, 0.1) is 24.9 Å². The maximum Gasteiger partial charge on any atom is 0.375 e. The molecule has 26 heavy (non-hydrogen) atoms. The Morgan fingerprint density at radius 2 is 1.88 bits per heavy atom.